The van der Waals surface area contributed by atoms with E-state index in [4.69, 9.17) is 4.74 Å². The van der Waals surface area contributed by atoms with Crippen LogP contribution in [0, 0.1) is 0 Å². The lowest BCUT2D eigenvalue weighted by atomic mass is 9.71. The van der Waals surface area contributed by atoms with Crippen LogP contribution < -0.4 is 4.74 Å². The molecule has 156 valence electrons. The second-order valence-corrected chi connectivity index (χ2v) is 8.27. The fraction of sp³-hybridized carbons (Fsp3) is 0.480. The Morgan fingerprint density at radius 3 is 2.66 bits per heavy atom. The van der Waals surface area contributed by atoms with Crippen molar-refractivity contribution in [2.75, 3.05) is 20.2 Å². The van der Waals surface area contributed by atoms with Crippen molar-refractivity contribution in [3.8, 4) is 5.75 Å². The molecule has 0 bridgehead atoms. The predicted molar refractivity (Wildman–Crippen MR) is 120 cm³/mol. The van der Waals surface area contributed by atoms with Gasteiger partial charge in [-0.05, 0) is 93.8 Å². The molecule has 1 atom stereocenters. The van der Waals surface area contributed by atoms with E-state index < -0.39 is 0 Å². The molecule has 2 aliphatic rings. The van der Waals surface area contributed by atoms with E-state index >= 15 is 0 Å². The molecule has 3 nitrogen and oxygen atoms in total. The third-order valence-electron chi connectivity index (χ3n) is 6.65. The number of hydrogen-bond acceptors (Lipinski definition) is 3. The Kier molecular flexibility index (Phi) is 7.37. The van der Waals surface area contributed by atoms with Crippen molar-refractivity contribution >= 4 is 18.2 Å². The van der Waals surface area contributed by atoms with E-state index in [2.05, 4.69) is 35.2 Å². The van der Waals surface area contributed by atoms with Crippen LogP contribution in [0.25, 0.3) is 0 Å². The van der Waals surface area contributed by atoms with Gasteiger partial charge in [-0.15, -0.1) is 12.4 Å². The van der Waals surface area contributed by atoms with Gasteiger partial charge in [-0.2, -0.15) is 0 Å². The zero-order valence-corrected chi connectivity index (χ0v) is 18.2. The number of Topliss-reactive ketones (excluding diaryl/α,β-unsaturated/α-hetero) is 1. The van der Waals surface area contributed by atoms with Crippen LogP contribution in [0.5, 0.6) is 5.75 Å². The molecule has 4 heteroatoms. The molecular weight excluding hydrogens is 382 g/mol. The highest BCUT2D eigenvalue weighted by atomic mass is 35.5. The highest BCUT2D eigenvalue weighted by Crippen LogP contribution is 2.40. The Hall–Kier alpha value is -1.84. The van der Waals surface area contributed by atoms with E-state index in [9.17, 15) is 4.79 Å². The molecule has 1 fully saturated rings. The molecule has 1 heterocycles. The lowest BCUT2D eigenvalue weighted by molar-refractivity contribution is 0.0285. The number of carbonyl (C=O) groups excluding carboxylic acids is 1. The molecule has 1 spiro atoms. The maximum atomic E-state index is 13.6. The second-order valence-electron chi connectivity index (χ2n) is 8.27. The molecule has 1 aliphatic heterocycles. The Bertz CT molecular complexity index is 823. The van der Waals surface area contributed by atoms with Gasteiger partial charge in [0.1, 0.15) is 5.75 Å². The summed E-state index contributed by atoms with van der Waals surface area (Å²) >= 11 is 0. The Morgan fingerprint density at radius 2 is 1.86 bits per heavy atom. The quantitative estimate of drug-likeness (QED) is 0.586. The number of carbonyl (C=O) groups is 1. The fourth-order valence-corrected chi connectivity index (χ4v) is 5.07. The average molecular weight is 414 g/mol. The number of ether oxygens (including phenoxy) is 1. The van der Waals surface area contributed by atoms with Crippen molar-refractivity contribution in [1.82, 2.24) is 4.90 Å². The summed E-state index contributed by atoms with van der Waals surface area (Å²) in [4.78, 5) is 16.1. The topological polar surface area (TPSA) is 29.5 Å². The van der Waals surface area contributed by atoms with Crippen LogP contribution in [0.3, 0.4) is 0 Å². The number of methoxy groups -OCH3 is 1. The van der Waals surface area contributed by atoms with Gasteiger partial charge in [-0.1, -0.05) is 30.3 Å². The van der Waals surface area contributed by atoms with E-state index in [1.165, 1.54) is 18.4 Å². The molecule has 0 amide bonds. The predicted octanol–water partition coefficient (Wildman–Crippen LogP) is 5.49. The standard InChI is InChI=1S/C25H31NO2.ClH/c1-28-22-12-13-23-21(19-22)14-16-25(24(23)27)15-6-8-18-26(25)17-7-5-11-20-9-3-2-4-10-20;/h2-4,9-10,12-13,19H,5-8,11,14-18H2,1H3;1H. The maximum absolute atomic E-state index is 13.6. The number of halogens is 1. The van der Waals surface area contributed by atoms with Crippen molar-refractivity contribution in [1.29, 1.82) is 0 Å². The minimum atomic E-state index is -0.271. The van der Waals surface area contributed by atoms with Crippen molar-refractivity contribution in [2.24, 2.45) is 0 Å². The molecule has 1 saturated heterocycles. The molecule has 0 saturated carbocycles. The van der Waals surface area contributed by atoms with Crippen molar-refractivity contribution in [3.05, 3.63) is 65.2 Å². The van der Waals surface area contributed by atoms with E-state index in [0.29, 0.717) is 5.78 Å². The van der Waals surface area contributed by atoms with Crippen LogP contribution in [0.2, 0.25) is 0 Å². The molecule has 2 aromatic rings. The SMILES string of the molecule is COc1ccc2c(c1)CCC1(CCCCN1CCCCc1ccccc1)C2=O.Cl. The first-order valence-corrected chi connectivity index (χ1v) is 10.7. The van der Waals surface area contributed by atoms with Gasteiger partial charge < -0.3 is 4.74 Å². The smallest absolute Gasteiger partial charge is 0.183 e. The average Bonchev–Trinajstić information content (AvgIpc) is 2.75. The van der Waals surface area contributed by atoms with Crippen molar-refractivity contribution < 1.29 is 9.53 Å². The fourth-order valence-electron chi connectivity index (χ4n) is 5.07. The number of likely N-dealkylation sites (tertiary alicyclic amines) is 1. The molecule has 1 unspecified atom stereocenters. The van der Waals surface area contributed by atoms with E-state index in [1.807, 2.05) is 18.2 Å². The van der Waals surface area contributed by atoms with E-state index in [0.717, 1.165) is 68.5 Å². The molecule has 0 N–H and O–H groups in total. The van der Waals surface area contributed by atoms with Crippen LogP contribution in [-0.2, 0) is 12.8 Å². The number of hydrogen-bond donors (Lipinski definition) is 0. The molecule has 2 aromatic carbocycles. The summed E-state index contributed by atoms with van der Waals surface area (Å²) in [6.07, 6.45) is 8.76. The third-order valence-corrected chi connectivity index (χ3v) is 6.65. The molecule has 0 aromatic heterocycles. The molecular formula is C25H32ClNO2. The summed E-state index contributed by atoms with van der Waals surface area (Å²) in [5.74, 6) is 1.20. The number of benzene rings is 2. The highest BCUT2D eigenvalue weighted by Gasteiger charge is 2.47. The van der Waals surface area contributed by atoms with Crippen LogP contribution >= 0.6 is 12.4 Å². The monoisotopic (exact) mass is 413 g/mol. The first-order chi connectivity index (χ1) is 13.7. The third kappa shape index (κ3) is 4.51. The van der Waals surface area contributed by atoms with Gasteiger partial charge in [0.25, 0.3) is 0 Å². The van der Waals surface area contributed by atoms with Crippen molar-refractivity contribution in [3.63, 3.8) is 0 Å². The Labute approximate surface area is 180 Å². The number of rotatable bonds is 6. The number of piperidine rings is 1. The van der Waals surface area contributed by atoms with Gasteiger partial charge in [-0.25, -0.2) is 0 Å². The number of fused-ring (bicyclic) bond motifs is 1. The van der Waals surface area contributed by atoms with Gasteiger partial charge in [0.15, 0.2) is 5.78 Å². The largest absolute Gasteiger partial charge is 0.497 e. The zero-order chi connectivity index (χ0) is 19.4. The second kappa shape index (κ2) is 9.77. The van der Waals surface area contributed by atoms with Gasteiger partial charge in [0.2, 0.25) is 0 Å². The minimum Gasteiger partial charge on any atom is -0.497 e. The molecule has 0 radical (unpaired) electrons. The lowest BCUT2D eigenvalue weighted by Crippen LogP contribution is -2.59. The maximum Gasteiger partial charge on any atom is 0.183 e. The summed E-state index contributed by atoms with van der Waals surface area (Å²) in [5, 5.41) is 0. The van der Waals surface area contributed by atoms with Crippen LogP contribution in [0.1, 0.15) is 60.0 Å². The number of aryl methyl sites for hydroxylation is 2. The van der Waals surface area contributed by atoms with Gasteiger partial charge in [0, 0.05) is 5.56 Å². The van der Waals surface area contributed by atoms with Crippen molar-refractivity contribution in [2.45, 2.75) is 56.9 Å². The normalized spacial score (nSPS) is 21.5. The summed E-state index contributed by atoms with van der Waals surface area (Å²) in [7, 11) is 1.69. The van der Waals surface area contributed by atoms with Crippen LogP contribution in [0.4, 0.5) is 0 Å². The Morgan fingerprint density at radius 1 is 1.03 bits per heavy atom. The first-order valence-electron chi connectivity index (χ1n) is 10.7. The number of unbranched alkanes of at least 4 members (excludes halogenated alkanes) is 1. The summed E-state index contributed by atoms with van der Waals surface area (Å²) in [5.41, 5.74) is 3.22. The lowest BCUT2D eigenvalue weighted by Gasteiger charge is -2.48. The minimum absolute atomic E-state index is 0. The van der Waals surface area contributed by atoms with E-state index in [-0.39, 0.29) is 17.9 Å². The number of nitrogens with zero attached hydrogens (tertiary/aromatic N) is 1. The molecule has 1 aliphatic carbocycles. The summed E-state index contributed by atoms with van der Waals surface area (Å²) in [6, 6.07) is 16.7. The van der Waals surface area contributed by atoms with Gasteiger partial charge in [0.05, 0.1) is 12.6 Å². The molecule has 4 rings (SSSR count). The van der Waals surface area contributed by atoms with Crippen LogP contribution in [0.15, 0.2) is 48.5 Å². The zero-order valence-electron chi connectivity index (χ0n) is 17.4. The summed E-state index contributed by atoms with van der Waals surface area (Å²) in [6.45, 7) is 2.09. The molecule has 29 heavy (non-hydrogen) atoms. The van der Waals surface area contributed by atoms with Gasteiger partial charge in [-0.3, -0.25) is 9.69 Å². The van der Waals surface area contributed by atoms with Crippen LogP contribution in [-0.4, -0.2) is 36.4 Å². The number of ketones is 1. The van der Waals surface area contributed by atoms with E-state index in [1.54, 1.807) is 7.11 Å². The first kappa shape index (κ1) is 21.9. The Balaban J connectivity index is 0.00000240. The van der Waals surface area contributed by atoms with Gasteiger partial charge >= 0.3 is 0 Å². The summed E-state index contributed by atoms with van der Waals surface area (Å²) < 4.78 is 5.35. The highest BCUT2D eigenvalue weighted by molar-refractivity contribution is 6.05.